The third kappa shape index (κ3) is 1.47. The molecular formula is C7H14N2S. The van der Waals surface area contributed by atoms with E-state index in [1.54, 1.807) is 0 Å². The predicted molar refractivity (Wildman–Crippen MR) is 45.5 cm³/mol. The van der Waals surface area contributed by atoms with E-state index >= 15 is 0 Å². The molecule has 1 atom stereocenters. The molecule has 0 aromatic rings. The van der Waals surface area contributed by atoms with E-state index in [2.05, 4.69) is 22.4 Å². The van der Waals surface area contributed by atoms with Gasteiger partial charge >= 0.3 is 0 Å². The Hall–Kier alpha value is 0.270. The Morgan fingerprint density at radius 3 is 2.70 bits per heavy atom. The molecule has 0 saturated carbocycles. The summed E-state index contributed by atoms with van der Waals surface area (Å²) in [6.07, 6.45) is 1.38. The van der Waals surface area contributed by atoms with Gasteiger partial charge in [0, 0.05) is 30.9 Å². The molecule has 2 heterocycles. The molecule has 1 unspecified atom stereocenters. The van der Waals surface area contributed by atoms with Crippen LogP contribution in [0, 0.1) is 0 Å². The van der Waals surface area contributed by atoms with Crippen LogP contribution in [0.3, 0.4) is 0 Å². The molecule has 3 heteroatoms. The van der Waals surface area contributed by atoms with Crippen molar-refractivity contribution >= 4 is 11.8 Å². The van der Waals surface area contributed by atoms with E-state index in [4.69, 9.17) is 0 Å². The quantitative estimate of drug-likeness (QED) is 0.594. The lowest BCUT2D eigenvalue weighted by molar-refractivity contribution is 0.337. The second kappa shape index (κ2) is 3.11. The van der Waals surface area contributed by atoms with E-state index < -0.39 is 0 Å². The van der Waals surface area contributed by atoms with Crippen molar-refractivity contribution in [2.24, 2.45) is 0 Å². The summed E-state index contributed by atoms with van der Waals surface area (Å²) < 4.78 is 0. The summed E-state index contributed by atoms with van der Waals surface area (Å²) in [6, 6.07) is 1.60. The molecule has 0 radical (unpaired) electrons. The molecule has 0 aromatic heterocycles. The summed E-state index contributed by atoms with van der Waals surface area (Å²) in [5.74, 6) is 2.69. The summed E-state index contributed by atoms with van der Waals surface area (Å²) >= 11 is 2.08. The van der Waals surface area contributed by atoms with E-state index in [1.165, 1.54) is 31.0 Å². The molecule has 2 aliphatic heterocycles. The summed E-state index contributed by atoms with van der Waals surface area (Å²) in [6.45, 7) is 2.36. The van der Waals surface area contributed by atoms with Gasteiger partial charge in [-0.25, -0.2) is 0 Å². The minimum atomic E-state index is 0.781. The van der Waals surface area contributed by atoms with Crippen LogP contribution in [0.15, 0.2) is 0 Å². The van der Waals surface area contributed by atoms with Gasteiger partial charge in [-0.15, -0.1) is 0 Å². The van der Waals surface area contributed by atoms with Crippen LogP contribution >= 0.6 is 11.8 Å². The molecule has 0 amide bonds. The van der Waals surface area contributed by atoms with Crippen molar-refractivity contribution in [2.45, 2.75) is 18.5 Å². The van der Waals surface area contributed by atoms with Gasteiger partial charge in [-0.3, -0.25) is 0 Å². The highest BCUT2D eigenvalue weighted by Crippen LogP contribution is 2.17. The zero-order valence-electron chi connectivity index (χ0n) is 6.10. The lowest BCUT2D eigenvalue weighted by atomic mass is 10.1. The number of thioether (sulfide) groups is 1. The van der Waals surface area contributed by atoms with Gasteiger partial charge in [-0.1, -0.05) is 0 Å². The first kappa shape index (κ1) is 6.95. The van der Waals surface area contributed by atoms with Gasteiger partial charge in [0.05, 0.1) is 0 Å². The zero-order chi connectivity index (χ0) is 6.81. The van der Waals surface area contributed by atoms with Crippen LogP contribution in [0.4, 0.5) is 0 Å². The van der Waals surface area contributed by atoms with Crippen LogP contribution in [0.1, 0.15) is 6.42 Å². The second-order valence-corrected chi connectivity index (χ2v) is 4.23. The molecule has 10 heavy (non-hydrogen) atoms. The van der Waals surface area contributed by atoms with Gasteiger partial charge < -0.3 is 10.6 Å². The Morgan fingerprint density at radius 1 is 1.30 bits per heavy atom. The average molecular weight is 158 g/mol. The van der Waals surface area contributed by atoms with Crippen LogP contribution in [-0.4, -0.2) is 36.7 Å². The van der Waals surface area contributed by atoms with Crippen molar-refractivity contribution in [3.05, 3.63) is 0 Å². The van der Waals surface area contributed by atoms with E-state index in [1.807, 2.05) is 0 Å². The third-order valence-corrected chi connectivity index (χ3v) is 3.35. The van der Waals surface area contributed by atoms with Crippen molar-refractivity contribution < 1.29 is 0 Å². The molecule has 2 fully saturated rings. The lowest BCUT2D eigenvalue weighted by Gasteiger charge is -2.30. The molecule has 0 spiro atoms. The molecule has 2 aliphatic rings. The molecule has 2 N–H and O–H groups in total. The minimum Gasteiger partial charge on any atom is -0.314 e. The number of hydrogen-bond donors (Lipinski definition) is 2. The standard InChI is InChI=1S/C7H14N2S/c1-2-10-5-6(1)9-7-3-8-4-7/h6-9H,1-5H2. The molecule has 2 saturated heterocycles. The number of nitrogens with one attached hydrogen (secondary N) is 2. The van der Waals surface area contributed by atoms with Crippen molar-refractivity contribution in [1.82, 2.24) is 10.6 Å². The van der Waals surface area contributed by atoms with Gasteiger partial charge in [0.2, 0.25) is 0 Å². The Labute approximate surface area is 66.1 Å². The summed E-state index contributed by atoms with van der Waals surface area (Å²) in [5, 5.41) is 6.90. The maximum absolute atomic E-state index is 3.63. The Kier molecular flexibility index (Phi) is 2.16. The fourth-order valence-electron chi connectivity index (χ4n) is 1.41. The van der Waals surface area contributed by atoms with Gasteiger partial charge in [0.15, 0.2) is 0 Å². The zero-order valence-corrected chi connectivity index (χ0v) is 6.91. The molecular weight excluding hydrogens is 144 g/mol. The monoisotopic (exact) mass is 158 g/mol. The third-order valence-electron chi connectivity index (χ3n) is 2.18. The van der Waals surface area contributed by atoms with E-state index in [0.717, 1.165) is 12.1 Å². The van der Waals surface area contributed by atoms with Gasteiger partial charge in [0.1, 0.15) is 0 Å². The molecule has 58 valence electrons. The Balaban J connectivity index is 1.68. The first-order valence-electron chi connectivity index (χ1n) is 3.99. The first-order valence-corrected chi connectivity index (χ1v) is 5.15. The molecule has 2 nitrogen and oxygen atoms in total. The average Bonchev–Trinajstić information content (AvgIpc) is 2.29. The highest BCUT2D eigenvalue weighted by Gasteiger charge is 2.22. The minimum absolute atomic E-state index is 0.781. The number of hydrogen-bond acceptors (Lipinski definition) is 3. The second-order valence-electron chi connectivity index (χ2n) is 3.08. The SMILES string of the molecule is C1CC(NC2CNC2)CS1. The van der Waals surface area contributed by atoms with Crippen LogP contribution in [0.5, 0.6) is 0 Å². The summed E-state index contributed by atoms with van der Waals surface area (Å²) in [5.41, 5.74) is 0. The Morgan fingerprint density at radius 2 is 2.20 bits per heavy atom. The Bertz CT molecular complexity index is 108. The van der Waals surface area contributed by atoms with Crippen molar-refractivity contribution in [1.29, 1.82) is 0 Å². The molecule has 0 aromatic carbocycles. The topological polar surface area (TPSA) is 24.1 Å². The lowest BCUT2D eigenvalue weighted by Crippen LogP contribution is -2.58. The van der Waals surface area contributed by atoms with Gasteiger partial charge in [-0.2, -0.15) is 11.8 Å². The van der Waals surface area contributed by atoms with Crippen LogP contribution in [-0.2, 0) is 0 Å². The smallest absolute Gasteiger partial charge is 0.0320 e. The molecule has 2 rings (SSSR count). The van der Waals surface area contributed by atoms with Crippen molar-refractivity contribution in [3.8, 4) is 0 Å². The summed E-state index contributed by atoms with van der Waals surface area (Å²) in [4.78, 5) is 0. The van der Waals surface area contributed by atoms with Crippen LogP contribution < -0.4 is 10.6 Å². The predicted octanol–water partition coefficient (Wildman–Crippen LogP) is 0.0533. The fourth-order valence-corrected chi connectivity index (χ4v) is 2.57. The first-order chi connectivity index (χ1) is 4.95. The van der Waals surface area contributed by atoms with E-state index in [0.29, 0.717) is 0 Å². The highest BCUT2D eigenvalue weighted by molar-refractivity contribution is 7.99. The highest BCUT2D eigenvalue weighted by atomic mass is 32.2. The van der Waals surface area contributed by atoms with Crippen LogP contribution in [0.2, 0.25) is 0 Å². The number of rotatable bonds is 2. The molecule has 0 bridgehead atoms. The van der Waals surface area contributed by atoms with Gasteiger partial charge in [-0.05, 0) is 12.2 Å². The van der Waals surface area contributed by atoms with Crippen molar-refractivity contribution in [3.63, 3.8) is 0 Å². The normalized spacial score (nSPS) is 34.2. The maximum atomic E-state index is 3.63. The summed E-state index contributed by atoms with van der Waals surface area (Å²) in [7, 11) is 0. The van der Waals surface area contributed by atoms with Gasteiger partial charge in [0.25, 0.3) is 0 Å². The molecule has 0 aliphatic carbocycles. The maximum Gasteiger partial charge on any atom is 0.0320 e. The van der Waals surface area contributed by atoms with Crippen molar-refractivity contribution in [2.75, 3.05) is 24.6 Å². The van der Waals surface area contributed by atoms with E-state index in [9.17, 15) is 0 Å². The van der Waals surface area contributed by atoms with E-state index in [-0.39, 0.29) is 0 Å². The largest absolute Gasteiger partial charge is 0.314 e. The van der Waals surface area contributed by atoms with Crippen LogP contribution in [0.25, 0.3) is 0 Å². The fraction of sp³-hybridized carbons (Fsp3) is 1.00.